The van der Waals surface area contributed by atoms with Gasteiger partial charge in [-0.05, 0) is 53.9 Å². The van der Waals surface area contributed by atoms with Crippen molar-refractivity contribution in [2.24, 2.45) is 0 Å². The van der Waals surface area contributed by atoms with Gasteiger partial charge in [0.15, 0.2) is 0 Å². The molecule has 1 aliphatic heterocycles. The minimum absolute atomic E-state index is 0.0702. The van der Waals surface area contributed by atoms with Crippen LogP contribution in [-0.4, -0.2) is 5.91 Å². The number of ether oxygens (including phenoxy) is 1. The number of nitrogen functional groups attached to an aromatic ring is 1. The first-order valence-electron chi connectivity index (χ1n) is 6.71. The maximum Gasteiger partial charge on any atom is 0.224 e. The van der Waals surface area contributed by atoms with Gasteiger partial charge in [0, 0.05) is 22.3 Å². The molecule has 2 aromatic rings. The molecule has 0 atom stereocenters. The third-order valence-corrected chi connectivity index (χ3v) is 3.82. The molecule has 1 amide bonds. The number of hydrogen-bond donors (Lipinski definition) is 2. The van der Waals surface area contributed by atoms with E-state index in [-0.39, 0.29) is 5.91 Å². The van der Waals surface area contributed by atoms with Gasteiger partial charge in [0.25, 0.3) is 0 Å². The van der Waals surface area contributed by atoms with Crippen LogP contribution in [0.4, 0.5) is 11.4 Å². The highest BCUT2D eigenvalue weighted by atomic mass is 79.9. The Labute approximate surface area is 131 Å². The Morgan fingerprint density at radius 3 is 2.86 bits per heavy atom. The number of nitrogens with two attached hydrogens (primary N) is 1. The molecule has 0 radical (unpaired) electrons. The molecule has 0 saturated carbocycles. The van der Waals surface area contributed by atoms with Crippen LogP contribution < -0.4 is 15.8 Å². The molecule has 0 spiro atoms. The van der Waals surface area contributed by atoms with Crippen molar-refractivity contribution >= 4 is 33.2 Å². The summed E-state index contributed by atoms with van der Waals surface area (Å²) in [6.07, 6.45) is 1.28. The van der Waals surface area contributed by atoms with Crippen molar-refractivity contribution in [3.8, 4) is 5.75 Å². The predicted octanol–water partition coefficient (Wildman–Crippen LogP) is 3.50. The van der Waals surface area contributed by atoms with Crippen LogP contribution in [0.25, 0.3) is 0 Å². The average Bonchev–Trinajstić information content (AvgIpc) is 2.44. The van der Waals surface area contributed by atoms with E-state index in [2.05, 4.69) is 21.2 Å². The Morgan fingerprint density at radius 2 is 2.05 bits per heavy atom. The summed E-state index contributed by atoms with van der Waals surface area (Å²) >= 11 is 3.42. The van der Waals surface area contributed by atoms with Crippen molar-refractivity contribution in [3.63, 3.8) is 0 Å². The third kappa shape index (κ3) is 3.36. The molecule has 108 valence electrons. The smallest absolute Gasteiger partial charge is 0.224 e. The number of amides is 1. The van der Waals surface area contributed by atoms with E-state index in [0.29, 0.717) is 18.7 Å². The number of anilines is 2. The van der Waals surface area contributed by atoms with E-state index in [0.717, 1.165) is 33.5 Å². The van der Waals surface area contributed by atoms with Gasteiger partial charge in [-0.3, -0.25) is 4.79 Å². The van der Waals surface area contributed by atoms with Crippen LogP contribution in [-0.2, 0) is 17.8 Å². The van der Waals surface area contributed by atoms with Gasteiger partial charge in [-0.15, -0.1) is 0 Å². The van der Waals surface area contributed by atoms with Crippen molar-refractivity contribution in [2.75, 3.05) is 11.1 Å². The SMILES string of the molecule is Nc1cc(Br)cc(COc2ccc3c(c2)CCC(=O)N3)c1. The lowest BCUT2D eigenvalue weighted by Crippen LogP contribution is -2.18. The van der Waals surface area contributed by atoms with Crippen molar-refractivity contribution in [1.82, 2.24) is 0 Å². The van der Waals surface area contributed by atoms with Crippen LogP contribution in [0.3, 0.4) is 0 Å². The van der Waals surface area contributed by atoms with Crippen LogP contribution in [0.5, 0.6) is 5.75 Å². The molecule has 3 rings (SSSR count). The Morgan fingerprint density at radius 1 is 1.19 bits per heavy atom. The molecule has 0 aliphatic carbocycles. The van der Waals surface area contributed by atoms with Crippen molar-refractivity contribution in [1.29, 1.82) is 0 Å². The van der Waals surface area contributed by atoms with Crippen LogP contribution in [0, 0.1) is 0 Å². The van der Waals surface area contributed by atoms with E-state index in [1.165, 1.54) is 0 Å². The molecule has 0 saturated heterocycles. The zero-order valence-electron chi connectivity index (χ0n) is 11.4. The van der Waals surface area contributed by atoms with Crippen molar-refractivity contribution in [2.45, 2.75) is 19.4 Å². The summed E-state index contributed by atoms with van der Waals surface area (Å²) < 4.78 is 6.74. The minimum atomic E-state index is 0.0702. The molecule has 0 aromatic heterocycles. The van der Waals surface area contributed by atoms with Crippen LogP contribution in [0.15, 0.2) is 40.9 Å². The van der Waals surface area contributed by atoms with E-state index >= 15 is 0 Å². The van der Waals surface area contributed by atoms with Gasteiger partial charge in [0.1, 0.15) is 12.4 Å². The fraction of sp³-hybridized carbons (Fsp3) is 0.188. The number of aryl methyl sites for hydroxylation is 1. The summed E-state index contributed by atoms with van der Waals surface area (Å²) in [7, 11) is 0. The molecular weight excluding hydrogens is 332 g/mol. The zero-order chi connectivity index (χ0) is 14.8. The highest BCUT2D eigenvalue weighted by Crippen LogP contribution is 2.27. The van der Waals surface area contributed by atoms with Gasteiger partial charge in [-0.25, -0.2) is 0 Å². The fourth-order valence-electron chi connectivity index (χ4n) is 2.37. The maximum absolute atomic E-state index is 11.3. The second-order valence-corrected chi connectivity index (χ2v) is 5.96. The number of rotatable bonds is 3. The number of fused-ring (bicyclic) bond motifs is 1. The molecule has 21 heavy (non-hydrogen) atoms. The number of benzene rings is 2. The van der Waals surface area contributed by atoms with Gasteiger partial charge < -0.3 is 15.8 Å². The monoisotopic (exact) mass is 346 g/mol. The summed E-state index contributed by atoms with van der Waals surface area (Å²) in [6, 6.07) is 11.5. The topological polar surface area (TPSA) is 64.3 Å². The number of carbonyl (C=O) groups excluding carboxylic acids is 1. The normalized spacial score (nSPS) is 13.5. The quantitative estimate of drug-likeness (QED) is 0.836. The molecule has 0 bridgehead atoms. The molecule has 0 fully saturated rings. The molecule has 2 aromatic carbocycles. The Balaban J connectivity index is 1.72. The van der Waals surface area contributed by atoms with Crippen LogP contribution >= 0.6 is 15.9 Å². The number of carbonyl (C=O) groups is 1. The van der Waals surface area contributed by atoms with Gasteiger partial charge in [0.05, 0.1) is 0 Å². The minimum Gasteiger partial charge on any atom is -0.489 e. The van der Waals surface area contributed by atoms with Crippen molar-refractivity contribution < 1.29 is 9.53 Å². The second-order valence-electron chi connectivity index (χ2n) is 5.05. The van der Waals surface area contributed by atoms with Gasteiger partial charge >= 0.3 is 0 Å². The summed E-state index contributed by atoms with van der Waals surface area (Å²) in [4.78, 5) is 11.3. The third-order valence-electron chi connectivity index (χ3n) is 3.36. The van der Waals surface area contributed by atoms with Gasteiger partial charge in [-0.1, -0.05) is 15.9 Å². The van der Waals surface area contributed by atoms with E-state index in [1.807, 2.05) is 36.4 Å². The summed E-state index contributed by atoms with van der Waals surface area (Å²) in [5.74, 6) is 0.865. The van der Waals surface area contributed by atoms with Gasteiger partial charge in [-0.2, -0.15) is 0 Å². The molecule has 1 heterocycles. The van der Waals surface area contributed by atoms with E-state index in [4.69, 9.17) is 10.5 Å². The molecule has 5 heteroatoms. The number of nitrogens with one attached hydrogen (secondary N) is 1. The van der Waals surface area contributed by atoms with Crippen LogP contribution in [0.1, 0.15) is 17.5 Å². The number of halogens is 1. The second kappa shape index (κ2) is 5.77. The number of hydrogen-bond acceptors (Lipinski definition) is 3. The highest BCUT2D eigenvalue weighted by Gasteiger charge is 2.15. The van der Waals surface area contributed by atoms with E-state index in [9.17, 15) is 4.79 Å². The first-order valence-corrected chi connectivity index (χ1v) is 7.50. The lowest BCUT2D eigenvalue weighted by atomic mass is 10.0. The molecule has 0 unspecified atom stereocenters. The Kier molecular flexibility index (Phi) is 3.84. The predicted molar refractivity (Wildman–Crippen MR) is 86.3 cm³/mol. The Hall–Kier alpha value is -2.01. The van der Waals surface area contributed by atoms with E-state index < -0.39 is 0 Å². The lowest BCUT2D eigenvalue weighted by molar-refractivity contribution is -0.116. The standard InChI is InChI=1S/C16H15BrN2O2/c17-12-5-10(6-13(18)8-12)9-21-14-2-3-15-11(7-14)1-4-16(20)19-15/h2-3,5-8H,1,4,9,18H2,(H,19,20). The largest absolute Gasteiger partial charge is 0.489 e. The van der Waals surface area contributed by atoms with Crippen LogP contribution in [0.2, 0.25) is 0 Å². The molecular formula is C16H15BrN2O2. The molecule has 4 nitrogen and oxygen atoms in total. The van der Waals surface area contributed by atoms with Crippen molar-refractivity contribution in [3.05, 3.63) is 52.0 Å². The van der Waals surface area contributed by atoms with E-state index in [1.54, 1.807) is 0 Å². The first kappa shape index (κ1) is 13.9. The average molecular weight is 347 g/mol. The maximum atomic E-state index is 11.3. The summed E-state index contributed by atoms with van der Waals surface area (Å²) in [5.41, 5.74) is 9.51. The summed E-state index contributed by atoms with van der Waals surface area (Å²) in [5, 5.41) is 2.86. The van der Waals surface area contributed by atoms with Gasteiger partial charge in [0.2, 0.25) is 5.91 Å². The first-order chi connectivity index (χ1) is 10.1. The Bertz CT molecular complexity index is 680. The lowest BCUT2D eigenvalue weighted by Gasteiger charge is -2.17. The fourth-order valence-corrected chi connectivity index (χ4v) is 2.93. The molecule has 3 N–H and O–H groups in total. The zero-order valence-corrected chi connectivity index (χ0v) is 12.9. The molecule has 1 aliphatic rings. The summed E-state index contributed by atoms with van der Waals surface area (Å²) in [6.45, 7) is 0.453. The highest BCUT2D eigenvalue weighted by molar-refractivity contribution is 9.10.